The molecule has 2 heterocycles. The fourth-order valence-electron chi connectivity index (χ4n) is 8.87. The van der Waals surface area contributed by atoms with E-state index in [1.165, 1.54) is 63.9 Å². The summed E-state index contributed by atoms with van der Waals surface area (Å²) in [4.78, 5) is 5.13. The molecule has 0 aliphatic heterocycles. The number of benzene rings is 4. The number of aromatic nitrogens is 3. The summed E-state index contributed by atoms with van der Waals surface area (Å²) in [5.74, 6) is 2.91. The van der Waals surface area contributed by atoms with Crippen molar-refractivity contribution < 1.29 is 4.74 Å². The lowest BCUT2D eigenvalue weighted by atomic mass is 9.68. The maximum absolute atomic E-state index is 6.72. The van der Waals surface area contributed by atoms with Crippen molar-refractivity contribution in [3.05, 3.63) is 160 Å². The molecule has 3 aliphatic carbocycles. The molecule has 2 bridgehead atoms. The van der Waals surface area contributed by atoms with Crippen LogP contribution in [0.3, 0.4) is 0 Å². The summed E-state index contributed by atoms with van der Waals surface area (Å²) in [6.45, 7) is 13.8. The van der Waals surface area contributed by atoms with Crippen LogP contribution in [0.4, 0.5) is 0 Å². The van der Waals surface area contributed by atoms with Crippen LogP contribution in [0.1, 0.15) is 117 Å². The minimum atomic E-state index is -0.634. The second-order valence-electron chi connectivity index (χ2n) is 16.7. The first-order valence-corrected chi connectivity index (χ1v) is 18.2. The smallest absolute Gasteiger partial charge is 0.129 e. The van der Waals surface area contributed by atoms with Gasteiger partial charge in [-0.1, -0.05) is 102 Å². The molecule has 4 nitrogen and oxygen atoms in total. The Kier molecular flexibility index (Phi) is 6.84. The Bertz CT molecular complexity index is 2170. The number of pyridine rings is 1. The standard InChI is InChI=1S/C46H45N3O/c1-44(2,3)31-18-20-37-38-21-19-32(45(4,5)6)26-41(38)46(40(37)25-31,42-15-7-8-22-47-42)33-11-9-13-35(24-33)50-36-14-10-12-34(27-36)49-28-39-29-16-17-30(23-29)43(39)48-49/h7-15,18-22,24-30H,16-17,23H2,1-6H3/t29-,30+/m0/s1. The molecule has 0 radical (unpaired) electrons. The molecule has 3 aliphatic rings. The third kappa shape index (κ3) is 4.79. The molecule has 6 aromatic rings. The number of hydrogen-bond acceptors (Lipinski definition) is 3. The molecule has 0 unspecified atom stereocenters. The van der Waals surface area contributed by atoms with E-state index in [1.54, 1.807) is 0 Å². The minimum Gasteiger partial charge on any atom is -0.457 e. The van der Waals surface area contributed by atoms with Crippen LogP contribution in [0.25, 0.3) is 16.8 Å². The van der Waals surface area contributed by atoms with E-state index in [0.29, 0.717) is 11.8 Å². The summed E-state index contributed by atoms with van der Waals surface area (Å²) in [5, 5.41) is 5.05. The number of fused-ring (bicyclic) bond motifs is 8. The number of nitrogens with zero attached hydrogens (tertiary/aromatic N) is 3. The average Bonchev–Trinajstić information content (AvgIpc) is 3.88. The molecule has 0 N–H and O–H groups in total. The lowest BCUT2D eigenvalue weighted by Gasteiger charge is -2.34. The highest BCUT2D eigenvalue weighted by Gasteiger charge is 2.48. The van der Waals surface area contributed by atoms with Crippen molar-refractivity contribution in [3.63, 3.8) is 0 Å². The van der Waals surface area contributed by atoms with Gasteiger partial charge in [0.2, 0.25) is 0 Å². The first kappa shape index (κ1) is 31.1. The van der Waals surface area contributed by atoms with Gasteiger partial charge in [-0.05, 0) is 117 Å². The number of hydrogen-bond donors (Lipinski definition) is 0. The summed E-state index contributed by atoms with van der Waals surface area (Å²) >= 11 is 0. The van der Waals surface area contributed by atoms with Crippen molar-refractivity contribution in [2.45, 2.75) is 88.9 Å². The van der Waals surface area contributed by atoms with E-state index >= 15 is 0 Å². The van der Waals surface area contributed by atoms with E-state index in [2.05, 4.69) is 143 Å². The SMILES string of the molecule is CC(C)(C)c1ccc2c(c1)C(c1cccc(Oc3cccc(-n4cc5c(n4)[C@@H]4CC[C@H]5C4)c3)c1)(c1ccccn1)c1cc(C(C)(C)C)ccc1-2. The zero-order chi connectivity index (χ0) is 34.4. The van der Waals surface area contributed by atoms with Gasteiger partial charge >= 0.3 is 0 Å². The van der Waals surface area contributed by atoms with Gasteiger partial charge in [-0.2, -0.15) is 5.10 Å². The van der Waals surface area contributed by atoms with Crippen LogP contribution in [-0.4, -0.2) is 14.8 Å². The first-order chi connectivity index (χ1) is 24.0. The van der Waals surface area contributed by atoms with E-state index in [1.807, 2.05) is 18.3 Å². The van der Waals surface area contributed by atoms with Gasteiger partial charge in [0.25, 0.3) is 0 Å². The molecule has 0 saturated heterocycles. The van der Waals surface area contributed by atoms with Gasteiger partial charge in [0.05, 0.1) is 22.5 Å². The first-order valence-electron chi connectivity index (χ1n) is 18.2. The molecule has 9 rings (SSSR count). The average molecular weight is 656 g/mol. The maximum atomic E-state index is 6.72. The molecule has 0 amide bonds. The normalized spacial score (nSPS) is 18.5. The monoisotopic (exact) mass is 655 g/mol. The van der Waals surface area contributed by atoms with Gasteiger partial charge < -0.3 is 4.74 Å². The van der Waals surface area contributed by atoms with Gasteiger partial charge in [0, 0.05) is 24.4 Å². The van der Waals surface area contributed by atoms with Gasteiger partial charge in [-0.25, -0.2) is 4.68 Å². The second kappa shape index (κ2) is 11.0. The van der Waals surface area contributed by atoms with Crippen LogP contribution >= 0.6 is 0 Å². The Hall–Kier alpha value is -4.96. The molecular weight excluding hydrogens is 611 g/mol. The second-order valence-corrected chi connectivity index (χ2v) is 16.7. The lowest BCUT2D eigenvalue weighted by Crippen LogP contribution is -2.30. The van der Waals surface area contributed by atoms with Crippen molar-refractivity contribution in [2.75, 3.05) is 0 Å². The van der Waals surface area contributed by atoms with Gasteiger partial charge in [0.1, 0.15) is 11.5 Å². The molecule has 250 valence electrons. The molecule has 4 aromatic carbocycles. The molecule has 1 saturated carbocycles. The highest BCUT2D eigenvalue weighted by Crippen LogP contribution is 2.57. The molecule has 0 spiro atoms. The van der Waals surface area contributed by atoms with Gasteiger partial charge in [0.15, 0.2) is 0 Å². The van der Waals surface area contributed by atoms with Crippen LogP contribution in [0, 0.1) is 0 Å². The number of rotatable bonds is 5. The largest absolute Gasteiger partial charge is 0.457 e. The van der Waals surface area contributed by atoms with Crippen LogP contribution in [0.15, 0.2) is 116 Å². The van der Waals surface area contributed by atoms with E-state index < -0.39 is 5.41 Å². The van der Waals surface area contributed by atoms with Crippen molar-refractivity contribution >= 4 is 0 Å². The van der Waals surface area contributed by atoms with E-state index in [-0.39, 0.29) is 10.8 Å². The Morgan fingerprint density at radius 1 is 0.680 bits per heavy atom. The summed E-state index contributed by atoms with van der Waals surface area (Å²) in [6.07, 6.45) is 8.04. The van der Waals surface area contributed by atoms with Crippen molar-refractivity contribution in [3.8, 4) is 28.3 Å². The predicted molar refractivity (Wildman–Crippen MR) is 202 cm³/mol. The van der Waals surface area contributed by atoms with E-state index in [9.17, 15) is 0 Å². The van der Waals surface area contributed by atoms with Crippen LogP contribution in [-0.2, 0) is 16.2 Å². The minimum absolute atomic E-state index is 0.0134. The maximum Gasteiger partial charge on any atom is 0.129 e. The third-order valence-electron chi connectivity index (χ3n) is 11.5. The molecule has 1 fully saturated rings. The van der Waals surface area contributed by atoms with Gasteiger partial charge in [-0.15, -0.1) is 0 Å². The summed E-state index contributed by atoms with van der Waals surface area (Å²) < 4.78 is 8.78. The van der Waals surface area contributed by atoms with Crippen LogP contribution in [0.2, 0.25) is 0 Å². The molecule has 2 atom stereocenters. The quantitative estimate of drug-likeness (QED) is 0.185. The predicted octanol–water partition coefficient (Wildman–Crippen LogP) is 11.4. The summed E-state index contributed by atoms with van der Waals surface area (Å²) in [6, 6.07) is 37.5. The van der Waals surface area contributed by atoms with Crippen LogP contribution in [0.5, 0.6) is 11.5 Å². The Balaban J connectivity index is 1.19. The highest BCUT2D eigenvalue weighted by atomic mass is 16.5. The Labute approximate surface area is 296 Å². The van der Waals surface area contributed by atoms with E-state index in [4.69, 9.17) is 14.8 Å². The Morgan fingerprint density at radius 3 is 1.98 bits per heavy atom. The zero-order valence-corrected chi connectivity index (χ0v) is 30.0. The fraction of sp³-hybridized carbons (Fsp3) is 0.304. The van der Waals surface area contributed by atoms with E-state index in [0.717, 1.165) is 28.4 Å². The molecule has 2 aromatic heterocycles. The van der Waals surface area contributed by atoms with Crippen molar-refractivity contribution in [1.82, 2.24) is 14.8 Å². The van der Waals surface area contributed by atoms with Gasteiger partial charge in [-0.3, -0.25) is 4.98 Å². The topological polar surface area (TPSA) is 39.9 Å². The molecular formula is C46H45N3O. The molecule has 4 heteroatoms. The fourth-order valence-corrected chi connectivity index (χ4v) is 8.87. The zero-order valence-electron chi connectivity index (χ0n) is 30.0. The lowest BCUT2D eigenvalue weighted by molar-refractivity contribution is 0.480. The summed E-state index contributed by atoms with van der Waals surface area (Å²) in [5.41, 5.74) is 12.9. The van der Waals surface area contributed by atoms with Crippen molar-refractivity contribution in [2.24, 2.45) is 0 Å². The number of ether oxygens (including phenoxy) is 1. The van der Waals surface area contributed by atoms with Crippen molar-refractivity contribution in [1.29, 1.82) is 0 Å². The third-order valence-corrected chi connectivity index (χ3v) is 11.5. The Morgan fingerprint density at radius 2 is 1.34 bits per heavy atom. The van der Waals surface area contributed by atoms with Crippen LogP contribution < -0.4 is 4.74 Å². The highest BCUT2D eigenvalue weighted by molar-refractivity contribution is 5.86. The summed E-state index contributed by atoms with van der Waals surface area (Å²) in [7, 11) is 0. The molecule has 50 heavy (non-hydrogen) atoms.